The molecule has 0 amide bonds. The lowest BCUT2D eigenvalue weighted by atomic mass is 10.0. The fourth-order valence-corrected chi connectivity index (χ4v) is 4.78. The van der Waals surface area contributed by atoms with Crippen molar-refractivity contribution in [2.75, 3.05) is 13.4 Å². The van der Waals surface area contributed by atoms with Crippen molar-refractivity contribution in [2.45, 2.75) is 11.8 Å². The summed E-state index contributed by atoms with van der Waals surface area (Å²) in [5.41, 5.74) is 4.39. The Morgan fingerprint density at radius 2 is 1.89 bits per heavy atom. The predicted molar refractivity (Wildman–Crippen MR) is 112 cm³/mol. The van der Waals surface area contributed by atoms with Crippen LogP contribution in [-0.2, 0) is 10.8 Å². The summed E-state index contributed by atoms with van der Waals surface area (Å²) < 4.78 is 19.2. The van der Waals surface area contributed by atoms with Gasteiger partial charge in [0.05, 0.1) is 39.2 Å². The molecule has 0 fully saturated rings. The Morgan fingerprint density at radius 1 is 1.14 bits per heavy atom. The van der Waals surface area contributed by atoms with Crippen molar-refractivity contribution in [2.24, 2.45) is 0 Å². The molecule has 7 heteroatoms. The Hall–Kier alpha value is -2.70. The van der Waals surface area contributed by atoms with E-state index in [2.05, 4.69) is 4.98 Å². The maximum absolute atomic E-state index is 12.0. The number of rotatable bonds is 4. The molecule has 2 aromatic heterocycles. The lowest BCUT2D eigenvalue weighted by Crippen LogP contribution is -1.96. The third kappa shape index (κ3) is 3.19. The van der Waals surface area contributed by atoms with E-state index in [0.717, 1.165) is 33.8 Å². The van der Waals surface area contributed by atoms with Gasteiger partial charge in [0.2, 0.25) is 5.78 Å². The Labute approximate surface area is 170 Å². The zero-order chi connectivity index (χ0) is 19.8. The highest BCUT2D eigenvalue weighted by Crippen LogP contribution is 2.36. The standard InChI is InChI=1S/C21H18ClN3O2S/c1-13-11-15(12-17(22)20(13)28(3)26)19-18(14-5-7-16(27-2)8-6-14)24-21-23-9-4-10-25(19)21/h4-12H,1-3H3. The summed E-state index contributed by atoms with van der Waals surface area (Å²) in [7, 11) is 0.478. The van der Waals surface area contributed by atoms with Gasteiger partial charge in [0.1, 0.15) is 5.75 Å². The van der Waals surface area contributed by atoms with Crippen LogP contribution in [0.2, 0.25) is 5.02 Å². The molecule has 0 aliphatic carbocycles. The first-order chi connectivity index (χ1) is 13.5. The molecular weight excluding hydrogens is 394 g/mol. The van der Waals surface area contributed by atoms with Crippen molar-refractivity contribution in [3.63, 3.8) is 0 Å². The molecule has 0 saturated carbocycles. The molecule has 5 nitrogen and oxygen atoms in total. The molecule has 142 valence electrons. The zero-order valence-corrected chi connectivity index (χ0v) is 17.2. The van der Waals surface area contributed by atoms with E-state index in [-0.39, 0.29) is 0 Å². The third-order valence-corrected chi connectivity index (χ3v) is 6.08. The van der Waals surface area contributed by atoms with Gasteiger partial charge in [0.25, 0.3) is 0 Å². The normalized spacial score (nSPS) is 12.3. The molecule has 0 spiro atoms. The number of aromatic nitrogens is 3. The van der Waals surface area contributed by atoms with Crippen LogP contribution in [0.4, 0.5) is 0 Å². The molecule has 1 atom stereocenters. The van der Waals surface area contributed by atoms with Crippen LogP contribution < -0.4 is 4.74 Å². The number of halogens is 1. The predicted octanol–water partition coefficient (Wildman–Crippen LogP) is 4.77. The van der Waals surface area contributed by atoms with E-state index in [1.165, 1.54) is 0 Å². The summed E-state index contributed by atoms with van der Waals surface area (Å²) in [5, 5.41) is 0.482. The molecule has 1 unspecified atom stereocenters. The van der Waals surface area contributed by atoms with Crippen LogP contribution in [-0.4, -0.2) is 31.9 Å². The Bertz CT molecular complexity index is 1180. The molecule has 0 aliphatic heterocycles. The minimum Gasteiger partial charge on any atom is -0.497 e. The van der Waals surface area contributed by atoms with Gasteiger partial charge in [-0.05, 0) is 55.0 Å². The van der Waals surface area contributed by atoms with E-state index in [9.17, 15) is 4.21 Å². The zero-order valence-electron chi connectivity index (χ0n) is 15.6. The second-order valence-corrected chi connectivity index (χ2v) is 8.11. The molecule has 0 radical (unpaired) electrons. The summed E-state index contributed by atoms with van der Waals surface area (Å²) in [4.78, 5) is 9.78. The van der Waals surface area contributed by atoms with E-state index >= 15 is 0 Å². The highest BCUT2D eigenvalue weighted by atomic mass is 35.5. The summed E-state index contributed by atoms with van der Waals surface area (Å²) >= 11 is 6.48. The van der Waals surface area contributed by atoms with Gasteiger partial charge in [0, 0.05) is 29.8 Å². The van der Waals surface area contributed by atoms with Crippen molar-refractivity contribution in [3.8, 4) is 28.3 Å². The molecule has 0 saturated heterocycles. The molecule has 4 rings (SSSR count). The largest absolute Gasteiger partial charge is 0.497 e. The second-order valence-electron chi connectivity index (χ2n) is 6.39. The van der Waals surface area contributed by atoms with E-state index in [4.69, 9.17) is 21.3 Å². The highest BCUT2D eigenvalue weighted by Gasteiger charge is 2.19. The number of benzene rings is 2. The topological polar surface area (TPSA) is 56.5 Å². The Kier molecular flexibility index (Phi) is 4.91. The van der Waals surface area contributed by atoms with Crippen molar-refractivity contribution in [3.05, 3.63) is 65.4 Å². The number of hydrogen-bond acceptors (Lipinski definition) is 4. The van der Waals surface area contributed by atoms with Crippen LogP contribution in [0.25, 0.3) is 28.3 Å². The van der Waals surface area contributed by atoms with Gasteiger partial charge in [-0.15, -0.1) is 0 Å². The number of methoxy groups -OCH3 is 1. The lowest BCUT2D eigenvalue weighted by Gasteiger charge is -2.11. The van der Waals surface area contributed by atoms with E-state index in [1.807, 2.05) is 60.0 Å². The summed E-state index contributed by atoms with van der Waals surface area (Å²) in [6.45, 7) is 1.92. The van der Waals surface area contributed by atoms with Crippen molar-refractivity contribution in [1.29, 1.82) is 0 Å². The number of aryl methyl sites for hydroxylation is 1. The van der Waals surface area contributed by atoms with Gasteiger partial charge in [-0.25, -0.2) is 9.97 Å². The maximum Gasteiger partial charge on any atom is 0.234 e. The molecule has 2 aromatic carbocycles. The van der Waals surface area contributed by atoms with Gasteiger partial charge < -0.3 is 4.74 Å². The average Bonchev–Trinajstić information content (AvgIpc) is 3.06. The Balaban J connectivity index is 1.99. The Morgan fingerprint density at radius 3 is 2.54 bits per heavy atom. The monoisotopic (exact) mass is 411 g/mol. The van der Waals surface area contributed by atoms with Crippen LogP contribution in [0.1, 0.15) is 5.56 Å². The first-order valence-corrected chi connectivity index (χ1v) is 10.5. The summed E-state index contributed by atoms with van der Waals surface area (Å²) in [6, 6.07) is 13.4. The fourth-order valence-electron chi connectivity index (χ4n) is 3.35. The van der Waals surface area contributed by atoms with Crippen molar-refractivity contribution < 1.29 is 8.95 Å². The van der Waals surface area contributed by atoms with Gasteiger partial charge in [-0.1, -0.05) is 11.6 Å². The number of hydrogen-bond donors (Lipinski definition) is 0. The first kappa shape index (κ1) is 18.7. The van der Waals surface area contributed by atoms with Gasteiger partial charge in [-0.3, -0.25) is 8.61 Å². The highest BCUT2D eigenvalue weighted by molar-refractivity contribution is 7.84. The van der Waals surface area contributed by atoms with Gasteiger partial charge in [0.15, 0.2) is 0 Å². The van der Waals surface area contributed by atoms with Crippen LogP contribution in [0.3, 0.4) is 0 Å². The molecule has 4 aromatic rings. The minimum atomic E-state index is -1.16. The third-order valence-electron chi connectivity index (χ3n) is 4.56. The summed E-state index contributed by atoms with van der Waals surface area (Å²) in [6.07, 6.45) is 5.27. The maximum atomic E-state index is 12.0. The van der Waals surface area contributed by atoms with E-state index in [0.29, 0.717) is 15.7 Å². The molecular formula is C21H18ClN3O2S. The quantitative estimate of drug-likeness (QED) is 0.485. The molecule has 2 heterocycles. The fraction of sp³-hybridized carbons (Fsp3) is 0.143. The number of fused-ring (bicyclic) bond motifs is 1. The van der Waals surface area contributed by atoms with E-state index < -0.39 is 10.8 Å². The molecule has 28 heavy (non-hydrogen) atoms. The molecule has 0 bridgehead atoms. The van der Waals surface area contributed by atoms with Crippen LogP contribution >= 0.6 is 11.6 Å². The first-order valence-electron chi connectivity index (χ1n) is 8.61. The second kappa shape index (κ2) is 7.37. The lowest BCUT2D eigenvalue weighted by molar-refractivity contribution is 0.415. The van der Waals surface area contributed by atoms with Crippen LogP contribution in [0.5, 0.6) is 5.75 Å². The van der Waals surface area contributed by atoms with Crippen molar-refractivity contribution in [1.82, 2.24) is 14.4 Å². The average molecular weight is 412 g/mol. The minimum absolute atomic E-state index is 0.482. The number of ether oxygens (including phenoxy) is 1. The van der Waals surface area contributed by atoms with Gasteiger partial charge >= 0.3 is 0 Å². The number of imidazole rings is 1. The number of nitrogens with zero attached hydrogens (tertiary/aromatic N) is 3. The smallest absolute Gasteiger partial charge is 0.234 e. The van der Waals surface area contributed by atoms with Crippen LogP contribution in [0.15, 0.2) is 59.8 Å². The molecule has 0 N–H and O–H groups in total. The van der Waals surface area contributed by atoms with Crippen molar-refractivity contribution >= 4 is 28.2 Å². The summed E-state index contributed by atoms with van der Waals surface area (Å²) in [5.74, 6) is 1.38. The van der Waals surface area contributed by atoms with E-state index in [1.54, 1.807) is 19.6 Å². The van der Waals surface area contributed by atoms with Gasteiger partial charge in [-0.2, -0.15) is 0 Å². The van der Waals surface area contributed by atoms with Crippen LogP contribution in [0, 0.1) is 6.92 Å². The molecule has 0 aliphatic rings. The SMILES string of the molecule is COc1ccc(-c2nc3ncccn3c2-c2cc(C)c(S(C)=O)c(Cl)c2)cc1.